The second-order valence-electron chi connectivity index (χ2n) is 8.37. The van der Waals surface area contributed by atoms with Crippen LogP contribution in [0.1, 0.15) is 23.6 Å². The molecule has 1 aliphatic rings. The van der Waals surface area contributed by atoms with Crippen LogP contribution in [-0.2, 0) is 0 Å². The van der Waals surface area contributed by atoms with E-state index < -0.39 is 0 Å². The Bertz CT molecular complexity index is 1440. The first-order valence-corrected chi connectivity index (χ1v) is 12.4. The fraction of sp³-hybridized carbons (Fsp3) is 0.103. The van der Waals surface area contributed by atoms with E-state index in [1.54, 1.807) is 18.4 Å². The minimum atomic E-state index is 0.0177. The van der Waals surface area contributed by atoms with Gasteiger partial charge in [-0.25, -0.2) is 4.68 Å². The van der Waals surface area contributed by atoms with Crippen molar-refractivity contribution in [1.29, 1.82) is 0 Å². The molecule has 0 amide bonds. The molecule has 0 radical (unpaired) electrons. The number of para-hydroxylation sites is 2. The normalized spacial score (nSPS) is 15.3. The van der Waals surface area contributed by atoms with E-state index in [0.717, 1.165) is 51.0 Å². The second-order valence-corrected chi connectivity index (χ2v) is 9.31. The van der Waals surface area contributed by atoms with Gasteiger partial charge in [-0.05, 0) is 65.5 Å². The van der Waals surface area contributed by atoms with Crippen LogP contribution in [0.2, 0.25) is 0 Å². The Kier molecular flexibility index (Phi) is 5.64. The number of hydrogen-bond donors (Lipinski definition) is 0. The maximum atomic E-state index is 5.35. The van der Waals surface area contributed by atoms with Crippen molar-refractivity contribution in [2.24, 2.45) is 5.10 Å². The second kappa shape index (κ2) is 9.24. The number of benzene rings is 3. The Morgan fingerprint density at radius 2 is 1.54 bits per heavy atom. The highest BCUT2D eigenvalue weighted by Crippen LogP contribution is 2.41. The lowest BCUT2D eigenvalue weighted by molar-refractivity contribution is 0.415. The van der Waals surface area contributed by atoms with Crippen molar-refractivity contribution in [3.63, 3.8) is 0 Å². The molecule has 0 fully saturated rings. The first-order chi connectivity index (χ1) is 17.3. The molecule has 0 N–H and O–H groups in total. The molecule has 0 bridgehead atoms. The van der Waals surface area contributed by atoms with Crippen molar-refractivity contribution in [1.82, 2.24) is 9.78 Å². The zero-order valence-electron chi connectivity index (χ0n) is 19.3. The average Bonchev–Trinajstić information content (AvgIpc) is 3.69. The summed E-state index contributed by atoms with van der Waals surface area (Å²) in [6.45, 7) is 0. The Balaban J connectivity index is 1.46. The zero-order chi connectivity index (χ0) is 23.6. The first kappa shape index (κ1) is 21.4. The monoisotopic (exact) mass is 476 g/mol. The molecule has 0 unspecified atom stereocenters. The van der Waals surface area contributed by atoms with Crippen LogP contribution in [0.5, 0.6) is 5.75 Å². The SMILES string of the molecule is COc1ccc(C2=NN(c3ccccc3)[C@@H](c3cn(-c4ccccc4)nc3-c3cccs3)C2)cc1. The molecule has 5 aromatic rings. The zero-order valence-corrected chi connectivity index (χ0v) is 20.1. The molecule has 1 atom stereocenters. The van der Waals surface area contributed by atoms with E-state index in [0.29, 0.717) is 0 Å². The Morgan fingerprint density at radius 1 is 0.829 bits per heavy atom. The van der Waals surface area contributed by atoms with E-state index in [1.807, 2.05) is 41.1 Å². The van der Waals surface area contributed by atoms with Gasteiger partial charge in [-0.15, -0.1) is 11.3 Å². The summed E-state index contributed by atoms with van der Waals surface area (Å²) in [7, 11) is 1.69. The van der Waals surface area contributed by atoms with Crippen molar-refractivity contribution in [3.8, 4) is 22.0 Å². The molecule has 0 saturated carbocycles. The summed E-state index contributed by atoms with van der Waals surface area (Å²) in [4.78, 5) is 1.15. The van der Waals surface area contributed by atoms with Gasteiger partial charge in [0.05, 0.1) is 35.1 Å². The molecule has 0 aliphatic carbocycles. The van der Waals surface area contributed by atoms with Gasteiger partial charge in [-0.2, -0.15) is 10.2 Å². The number of rotatable bonds is 6. The molecule has 0 spiro atoms. The number of hydrazone groups is 1. The molecule has 2 aromatic heterocycles. The van der Waals surface area contributed by atoms with Gasteiger partial charge >= 0.3 is 0 Å². The van der Waals surface area contributed by atoms with Gasteiger partial charge in [0.1, 0.15) is 11.4 Å². The smallest absolute Gasteiger partial charge is 0.118 e. The summed E-state index contributed by atoms with van der Waals surface area (Å²) in [5.74, 6) is 0.841. The number of anilines is 1. The number of methoxy groups -OCH3 is 1. The fourth-order valence-corrected chi connectivity index (χ4v) is 5.21. The van der Waals surface area contributed by atoms with Crippen molar-refractivity contribution in [3.05, 3.63) is 120 Å². The Morgan fingerprint density at radius 3 is 2.20 bits per heavy atom. The third-order valence-corrected chi connectivity index (χ3v) is 7.11. The number of thiophene rings is 1. The topological polar surface area (TPSA) is 42.6 Å². The third kappa shape index (κ3) is 4.13. The van der Waals surface area contributed by atoms with Crippen molar-refractivity contribution >= 4 is 22.7 Å². The van der Waals surface area contributed by atoms with Crippen LogP contribution in [-0.4, -0.2) is 22.6 Å². The van der Waals surface area contributed by atoms with Crippen LogP contribution in [0.25, 0.3) is 16.3 Å². The molecule has 3 aromatic carbocycles. The van der Waals surface area contributed by atoms with E-state index >= 15 is 0 Å². The number of ether oxygens (including phenoxy) is 1. The summed E-state index contributed by atoms with van der Waals surface area (Å²) in [5, 5.41) is 14.4. The Labute approximate surface area is 208 Å². The lowest BCUT2D eigenvalue weighted by Crippen LogP contribution is -2.18. The van der Waals surface area contributed by atoms with Crippen LogP contribution in [0.3, 0.4) is 0 Å². The summed E-state index contributed by atoms with van der Waals surface area (Å²) >= 11 is 1.71. The third-order valence-electron chi connectivity index (χ3n) is 6.23. The molecule has 5 nitrogen and oxygen atoms in total. The maximum absolute atomic E-state index is 5.35. The summed E-state index contributed by atoms with van der Waals surface area (Å²) in [6.07, 6.45) is 2.94. The summed E-state index contributed by atoms with van der Waals surface area (Å²) in [5.41, 5.74) is 6.41. The van der Waals surface area contributed by atoms with E-state index in [-0.39, 0.29) is 6.04 Å². The minimum Gasteiger partial charge on any atom is -0.497 e. The molecule has 172 valence electrons. The van der Waals surface area contributed by atoms with Crippen LogP contribution in [0.15, 0.2) is 114 Å². The van der Waals surface area contributed by atoms with E-state index in [2.05, 4.69) is 77.2 Å². The molecule has 3 heterocycles. The predicted octanol–water partition coefficient (Wildman–Crippen LogP) is 6.97. The molecule has 6 rings (SSSR count). The highest BCUT2D eigenvalue weighted by atomic mass is 32.1. The van der Waals surface area contributed by atoms with E-state index in [4.69, 9.17) is 14.9 Å². The van der Waals surface area contributed by atoms with Gasteiger partial charge in [-0.1, -0.05) is 42.5 Å². The van der Waals surface area contributed by atoms with Crippen molar-refractivity contribution < 1.29 is 4.74 Å². The van der Waals surface area contributed by atoms with Crippen LogP contribution < -0.4 is 9.75 Å². The minimum absolute atomic E-state index is 0.0177. The molecule has 35 heavy (non-hydrogen) atoms. The van der Waals surface area contributed by atoms with Crippen LogP contribution in [0, 0.1) is 0 Å². The molecular weight excluding hydrogens is 452 g/mol. The highest BCUT2D eigenvalue weighted by molar-refractivity contribution is 7.13. The fourth-order valence-electron chi connectivity index (χ4n) is 4.48. The van der Waals surface area contributed by atoms with Crippen LogP contribution >= 0.6 is 11.3 Å². The number of aromatic nitrogens is 2. The van der Waals surface area contributed by atoms with Gasteiger partial charge in [0.2, 0.25) is 0 Å². The van der Waals surface area contributed by atoms with Gasteiger partial charge in [0.25, 0.3) is 0 Å². The summed E-state index contributed by atoms with van der Waals surface area (Å²) < 4.78 is 7.34. The van der Waals surface area contributed by atoms with Gasteiger partial charge < -0.3 is 4.74 Å². The van der Waals surface area contributed by atoms with Gasteiger partial charge in [0.15, 0.2) is 0 Å². The number of hydrogen-bond acceptors (Lipinski definition) is 5. The van der Waals surface area contributed by atoms with E-state index in [9.17, 15) is 0 Å². The number of nitrogens with zero attached hydrogens (tertiary/aromatic N) is 4. The summed E-state index contributed by atoms with van der Waals surface area (Å²) in [6, 6.07) is 33.0. The largest absolute Gasteiger partial charge is 0.497 e. The first-order valence-electron chi connectivity index (χ1n) is 11.6. The van der Waals surface area contributed by atoms with Crippen molar-refractivity contribution in [2.75, 3.05) is 12.1 Å². The lowest BCUT2D eigenvalue weighted by Gasteiger charge is -2.23. The highest BCUT2D eigenvalue weighted by Gasteiger charge is 2.33. The van der Waals surface area contributed by atoms with Crippen molar-refractivity contribution in [2.45, 2.75) is 12.5 Å². The molecule has 0 saturated heterocycles. The lowest BCUT2D eigenvalue weighted by atomic mass is 9.98. The molecule has 1 aliphatic heterocycles. The standard InChI is InChI=1S/C29H24N4OS/c1-34-24-16-14-21(15-17-24)26-19-27(33(30-26)23-11-6-3-7-12-23)25-20-32(22-9-4-2-5-10-22)31-29(25)28-13-8-18-35-28/h2-18,20,27H,19H2,1H3/t27-/m1/s1. The quantitative estimate of drug-likeness (QED) is 0.266. The van der Waals surface area contributed by atoms with Crippen LogP contribution in [0.4, 0.5) is 5.69 Å². The van der Waals surface area contributed by atoms with Gasteiger partial charge in [0, 0.05) is 18.2 Å². The van der Waals surface area contributed by atoms with Gasteiger partial charge in [-0.3, -0.25) is 5.01 Å². The maximum Gasteiger partial charge on any atom is 0.118 e. The molecule has 6 heteroatoms. The van der Waals surface area contributed by atoms with E-state index in [1.165, 1.54) is 0 Å². The predicted molar refractivity (Wildman–Crippen MR) is 143 cm³/mol. The Hall–Kier alpha value is -4.16. The molecular formula is C29H24N4OS. The average molecular weight is 477 g/mol.